The molecule has 27 heavy (non-hydrogen) atoms. The third kappa shape index (κ3) is 4.10. The number of para-hydroxylation sites is 1. The summed E-state index contributed by atoms with van der Waals surface area (Å²) in [5.74, 6) is 0.709. The van der Waals surface area contributed by atoms with E-state index in [1.807, 2.05) is 30.0 Å². The highest BCUT2D eigenvalue weighted by molar-refractivity contribution is 5.97. The highest BCUT2D eigenvalue weighted by atomic mass is 16.5. The normalized spacial score (nSPS) is 24.6. The van der Waals surface area contributed by atoms with Crippen molar-refractivity contribution in [3.63, 3.8) is 0 Å². The van der Waals surface area contributed by atoms with E-state index < -0.39 is 0 Å². The summed E-state index contributed by atoms with van der Waals surface area (Å²) >= 11 is 0. The van der Waals surface area contributed by atoms with E-state index in [1.54, 1.807) is 13.2 Å². The molecule has 2 atom stereocenters. The van der Waals surface area contributed by atoms with Crippen LogP contribution < -0.4 is 10.1 Å². The summed E-state index contributed by atoms with van der Waals surface area (Å²) in [5, 5.41) is 3.13. The maximum atomic E-state index is 12.8. The van der Waals surface area contributed by atoms with Gasteiger partial charge in [0.15, 0.2) is 0 Å². The smallest absolute Gasteiger partial charge is 0.255 e. The molecule has 1 aromatic rings. The average Bonchev–Trinajstić information content (AvgIpc) is 3.11. The maximum absolute atomic E-state index is 12.8. The number of nitrogens with one attached hydrogen (secondary N) is 1. The molecule has 6 heteroatoms. The van der Waals surface area contributed by atoms with Crippen molar-refractivity contribution >= 4 is 11.8 Å². The molecule has 1 aromatic carbocycles. The molecule has 3 rings (SSSR count). The summed E-state index contributed by atoms with van der Waals surface area (Å²) in [6.45, 7) is 4.19. The summed E-state index contributed by atoms with van der Waals surface area (Å²) in [6.07, 6.45) is 4.52. The molecule has 0 radical (unpaired) electrons. The van der Waals surface area contributed by atoms with Crippen LogP contribution in [0.2, 0.25) is 0 Å². The summed E-state index contributed by atoms with van der Waals surface area (Å²) in [7, 11) is 1.66. The molecule has 2 amide bonds. The van der Waals surface area contributed by atoms with Gasteiger partial charge in [-0.25, -0.2) is 0 Å². The Hall–Kier alpha value is -2.08. The van der Waals surface area contributed by atoms with Gasteiger partial charge in [0, 0.05) is 38.1 Å². The standard InChI is InChI=1S/C21H30N2O4/c1-3-27-17-8-5-4-7-16(17)20(25)22-15-21-11-6-9-18(21)23(13-14-26-2)19(24)10-12-21/h4-5,7-8,18H,3,6,9-15H2,1-2H3,(H,22,25)/t18-,21+/m1/s1. The zero-order valence-electron chi connectivity index (χ0n) is 16.3. The Labute approximate surface area is 161 Å². The number of hydrogen-bond donors (Lipinski definition) is 1. The second-order valence-corrected chi connectivity index (χ2v) is 7.46. The minimum absolute atomic E-state index is 0.0299. The van der Waals surface area contributed by atoms with Crippen molar-refractivity contribution in [2.24, 2.45) is 5.41 Å². The van der Waals surface area contributed by atoms with E-state index in [4.69, 9.17) is 9.47 Å². The molecule has 1 N–H and O–H groups in total. The van der Waals surface area contributed by atoms with Crippen LogP contribution in [0.25, 0.3) is 0 Å². The van der Waals surface area contributed by atoms with E-state index in [9.17, 15) is 9.59 Å². The minimum Gasteiger partial charge on any atom is -0.493 e. The van der Waals surface area contributed by atoms with Crippen molar-refractivity contribution in [2.45, 2.75) is 45.1 Å². The van der Waals surface area contributed by atoms with Gasteiger partial charge >= 0.3 is 0 Å². The zero-order valence-corrected chi connectivity index (χ0v) is 16.3. The van der Waals surface area contributed by atoms with Crippen LogP contribution >= 0.6 is 0 Å². The Morgan fingerprint density at radius 3 is 2.93 bits per heavy atom. The first-order valence-corrected chi connectivity index (χ1v) is 9.90. The van der Waals surface area contributed by atoms with Crippen LogP contribution in [0.3, 0.4) is 0 Å². The molecule has 0 spiro atoms. The van der Waals surface area contributed by atoms with Crippen LogP contribution in [0.1, 0.15) is 49.4 Å². The molecule has 148 valence electrons. The first-order valence-electron chi connectivity index (χ1n) is 9.90. The fourth-order valence-electron chi connectivity index (χ4n) is 4.62. The second kappa shape index (κ2) is 8.74. The van der Waals surface area contributed by atoms with Gasteiger partial charge in [0.05, 0.1) is 18.8 Å². The number of hydrogen-bond acceptors (Lipinski definition) is 4. The SMILES string of the molecule is CCOc1ccccc1C(=O)NC[C@@]12CCC[C@H]1N(CCOC)C(=O)CC2. The van der Waals surface area contributed by atoms with Crippen LogP contribution in [0, 0.1) is 5.41 Å². The predicted octanol–water partition coefficient (Wildman–Crippen LogP) is 2.62. The van der Waals surface area contributed by atoms with Crippen molar-refractivity contribution in [3.8, 4) is 5.75 Å². The first kappa shape index (κ1) is 19.7. The number of carbonyl (C=O) groups excluding carboxylic acids is 2. The molecule has 1 aliphatic heterocycles. The number of methoxy groups -OCH3 is 1. The van der Waals surface area contributed by atoms with E-state index >= 15 is 0 Å². The number of rotatable bonds is 8. The van der Waals surface area contributed by atoms with E-state index in [0.717, 1.165) is 25.7 Å². The average molecular weight is 374 g/mol. The predicted molar refractivity (Wildman–Crippen MR) is 103 cm³/mol. The fraction of sp³-hybridized carbons (Fsp3) is 0.619. The molecule has 1 aliphatic carbocycles. The number of likely N-dealkylation sites (tertiary alicyclic amines) is 1. The van der Waals surface area contributed by atoms with E-state index in [0.29, 0.717) is 44.0 Å². The lowest BCUT2D eigenvalue weighted by Crippen LogP contribution is -2.56. The zero-order chi connectivity index (χ0) is 19.3. The molecule has 1 saturated carbocycles. The third-order valence-corrected chi connectivity index (χ3v) is 5.96. The Morgan fingerprint density at radius 2 is 2.15 bits per heavy atom. The van der Waals surface area contributed by atoms with E-state index in [1.165, 1.54) is 0 Å². The molecule has 0 aromatic heterocycles. The number of piperidine rings is 1. The minimum atomic E-state index is -0.112. The number of carbonyl (C=O) groups is 2. The quantitative estimate of drug-likeness (QED) is 0.760. The molecule has 1 saturated heterocycles. The summed E-state index contributed by atoms with van der Waals surface area (Å²) in [6, 6.07) is 7.52. The monoisotopic (exact) mass is 374 g/mol. The molecule has 2 fully saturated rings. The van der Waals surface area contributed by atoms with E-state index in [-0.39, 0.29) is 23.3 Å². The van der Waals surface area contributed by atoms with Crippen molar-refractivity contribution < 1.29 is 19.1 Å². The number of amides is 2. The summed E-state index contributed by atoms with van der Waals surface area (Å²) in [4.78, 5) is 27.2. The fourth-order valence-corrected chi connectivity index (χ4v) is 4.62. The lowest BCUT2D eigenvalue weighted by Gasteiger charge is -2.46. The van der Waals surface area contributed by atoms with Gasteiger partial charge in [-0.2, -0.15) is 0 Å². The van der Waals surface area contributed by atoms with E-state index in [2.05, 4.69) is 5.32 Å². The van der Waals surface area contributed by atoms with Crippen molar-refractivity contribution in [2.75, 3.05) is 33.4 Å². The third-order valence-electron chi connectivity index (χ3n) is 5.96. The lowest BCUT2D eigenvalue weighted by molar-refractivity contribution is -0.142. The van der Waals surface area contributed by atoms with Gasteiger partial charge in [0.2, 0.25) is 5.91 Å². The highest BCUT2D eigenvalue weighted by Crippen LogP contribution is 2.47. The van der Waals surface area contributed by atoms with Crippen LogP contribution in [0.15, 0.2) is 24.3 Å². The molecule has 0 bridgehead atoms. The number of nitrogens with zero attached hydrogens (tertiary/aromatic N) is 1. The maximum Gasteiger partial charge on any atom is 0.255 e. The summed E-state index contributed by atoms with van der Waals surface area (Å²) in [5.41, 5.74) is 0.533. The molecule has 1 heterocycles. The molecule has 6 nitrogen and oxygen atoms in total. The number of fused-ring (bicyclic) bond motifs is 1. The molecule has 0 unspecified atom stereocenters. The van der Waals surface area contributed by atoms with Gasteiger partial charge in [-0.3, -0.25) is 9.59 Å². The van der Waals surface area contributed by atoms with Crippen LogP contribution in [0.5, 0.6) is 5.75 Å². The van der Waals surface area contributed by atoms with Gasteiger partial charge in [0.1, 0.15) is 5.75 Å². The van der Waals surface area contributed by atoms with Gasteiger partial charge in [-0.05, 0) is 38.3 Å². The number of benzene rings is 1. The Bertz CT molecular complexity index is 678. The van der Waals surface area contributed by atoms with Gasteiger partial charge in [0.25, 0.3) is 5.91 Å². The topological polar surface area (TPSA) is 67.9 Å². The Balaban J connectivity index is 1.71. The largest absolute Gasteiger partial charge is 0.493 e. The molecular weight excluding hydrogens is 344 g/mol. The van der Waals surface area contributed by atoms with Crippen LogP contribution in [0.4, 0.5) is 0 Å². The highest BCUT2D eigenvalue weighted by Gasteiger charge is 2.50. The van der Waals surface area contributed by atoms with Gasteiger partial charge in [-0.1, -0.05) is 18.6 Å². The van der Waals surface area contributed by atoms with Crippen LogP contribution in [-0.2, 0) is 9.53 Å². The molecule has 2 aliphatic rings. The molecular formula is C21H30N2O4. The van der Waals surface area contributed by atoms with Gasteiger partial charge < -0.3 is 19.7 Å². The Kier molecular flexibility index (Phi) is 6.37. The summed E-state index contributed by atoms with van der Waals surface area (Å²) < 4.78 is 10.8. The van der Waals surface area contributed by atoms with Crippen molar-refractivity contribution in [3.05, 3.63) is 29.8 Å². The van der Waals surface area contributed by atoms with Crippen molar-refractivity contribution in [1.82, 2.24) is 10.2 Å². The first-order chi connectivity index (χ1) is 13.1. The van der Waals surface area contributed by atoms with Crippen LogP contribution in [-0.4, -0.2) is 56.2 Å². The van der Waals surface area contributed by atoms with Crippen molar-refractivity contribution in [1.29, 1.82) is 0 Å². The lowest BCUT2D eigenvalue weighted by atomic mass is 9.74. The Morgan fingerprint density at radius 1 is 1.33 bits per heavy atom. The second-order valence-electron chi connectivity index (χ2n) is 7.46. The van der Waals surface area contributed by atoms with Gasteiger partial charge in [-0.15, -0.1) is 0 Å². The number of ether oxygens (including phenoxy) is 2.